The lowest BCUT2D eigenvalue weighted by molar-refractivity contribution is -0.144. The summed E-state index contributed by atoms with van der Waals surface area (Å²) in [5.41, 5.74) is 6.46. The second kappa shape index (κ2) is 9.20. The number of rotatable bonds is 8. The summed E-state index contributed by atoms with van der Waals surface area (Å²) in [6.07, 6.45) is 0.0337. The van der Waals surface area contributed by atoms with Crippen molar-refractivity contribution in [1.82, 2.24) is 5.32 Å². The third-order valence-corrected chi connectivity index (χ3v) is 3.04. The van der Waals surface area contributed by atoms with Crippen LogP contribution >= 0.6 is 0 Å². The Balaban J connectivity index is 2.61. The molecule has 0 aliphatic heterocycles. The van der Waals surface area contributed by atoms with Crippen molar-refractivity contribution < 1.29 is 19.1 Å². The van der Waals surface area contributed by atoms with E-state index in [0.717, 1.165) is 0 Å². The molecule has 0 saturated carbocycles. The highest BCUT2D eigenvalue weighted by Gasteiger charge is 2.19. The van der Waals surface area contributed by atoms with E-state index in [0.29, 0.717) is 11.1 Å². The van der Waals surface area contributed by atoms with Crippen molar-refractivity contribution in [3.63, 3.8) is 0 Å². The number of amides is 2. The summed E-state index contributed by atoms with van der Waals surface area (Å²) in [6, 6.07) is 7.79. The number of nitriles is 1. The van der Waals surface area contributed by atoms with Crippen LogP contribution in [0.25, 0.3) is 0 Å². The van der Waals surface area contributed by atoms with Crippen LogP contribution in [0.4, 0.5) is 0 Å². The Kier molecular flexibility index (Phi) is 7.27. The number of ether oxygens (including phenoxy) is 1. The third-order valence-electron chi connectivity index (χ3n) is 3.04. The number of esters is 1. The zero-order valence-electron chi connectivity index (χ0n) is 12.9. The molecule has 1 aromatic rings. The Morgan fingerprint density at radius 1 is 1.35 bits per heavy atom. The Hall–Kier alpha value is -2.88. The molecular weight excluding hydrogens is 298 g/mol. The second-order valence-corrected chi connectivity index (χ2v) is 4.84. The third kappa shape index (κ3) is 6.61. The number of nitrogens with one attached hydrogen (secondary N) is 1. The molecule has 0 unspecified atom stereocenters. The van der Waals surface area contributed by atoms with Gasteiger partial charge in [-0.15, -0.1) is 0 Å². The summed E-state index contributed by atoms with van der Waals surface area (Å²) < 4.78 is 4.72. The van der Waals surface area contributed by atoms with Crippen LogP contribution in [0.15, 0.2) is 24.3 Å². The Labute approximate surface area is 134 Å². The van der Waals surface area contributed by atoms with Gasteiger partial charge in [0.05, 0.1) is 24.7 Å². The lowest BCUT2D eigenvalue weighted by atomic mass is 10.0. The van der Waals surface area contributed by atoms with Gasteiger partial charge in [-0.2, -0.15) is 5.26 Å². The fourth-order valence-electron chi connectivity index (χ4n) is 1.94. The first-order chi connectivity index (χ1) is 11.0. The van der Waals surface area contributed by atoms with Crippen LogP contribution in [0.5, 0.6) is 0 Å². The lowest BCUT2D eigenvalue weighted by Gasteiger charge is -2.15. The van der Waals surface area contributed by atoms with Crippen LogP contribution in [-0.4, -0.2) is 30.4 Å². The molecule has 122 valence electrons. The maximum absolute atomic E-state index is 11.8. The van der Waals surface area contributed by atoms with Gasteiger partial charge in [-0.1, -0.05) is 12.1 Å². The normalized spacial score (nSPS) is 11.1. The summed E-state index contributed by atoms with van der Waals surface area (Å²) in [5.74, 6) is -1.62. The number of hydrogen-bond donors (Lipinski definition) is 2. The van der Waals surface area contributed by atoms with Crippen molar-refractivity contribution in [1.29, 1.82) is 5.26 Å². The molecule has 2 amide bonds. The first kappa shape index (κ1) is 18.2. The SMILES string of the molecule is CCOC(=O)CCC(=O)N[C@H](Cc1cccc(C#N)c1)C(N)=O. The monoisotopic (exact) mass is 317 g/mol. The maximum Gasteiger partial charge on any atom is 0.306 e. The van der Waals surface area contributed by atoms with Crippen LogP contribution in [0.2, 0.25) is 0 Å². The predicted molar refractivity (Wildman–Crippen MR) is 81.9 cm³/mol. The summed E-state index contributed by atoms with van der Waals surface area (Å²) in [4.78, 5) is 34.5. The number of benzene rings is 1. The van der Waals surface area contributed by atoms with Gasteiger partial charge in [0.15, 0.2) is 0 Å². The lowest BCUT2D eigenvalue weighted by Crippen LogP contribution is -2.45. The number of carbonyl (C=O) groups excluding carboxylic acids is 3. The van der Waals surface area contributed by atoms with E-state index in [1.54, 1.807) is 31.2 Å². The molecule has 0 aliphatic rings. The van der Waals surface area contributed by atoms with E-state index in [9.17, 15) is 14.4 Å². The van der Waals surface area contributed by atoms with Crippen LogP contribution in [-0.2, 0) is 25.5 Å². The molecule has 23 heavy (non-hydrogen) atoms. The molecule has 1 aromatic carbocycles. The molecule has 0 aliphatic carbocycles. The summed E-state index contributed by atoms with van der Waals surface area (Å²) in [7, 11) is 0. The Morgan fingerprint density at radius 2 is 2.09 bits per heavy atom. The van der Waals surface area contributed by atoms with Crippen molar-refractivity contribution in [2.24, 2.45) is 5.73 Å². The van der Waals surface area contributed by atoms with E-state index in [2.05, 4.69) is 5.32 Å². The topological polar surface area (TPSA) is 122 Å². The average Bonchev–Trinajstić information content (AvgIpc) is 2.52. The zero-order chi connectivity index (χ0) is 17.2. The van der Waals surface area contributed by atoms with Crippen LogP contribution < -0.4 is 11.1 Å². The first-order valence-electron chi connectivity index (χ1n) is 7.19. The van der Waals surface area contributed by atoms with Gasteiger partial charge in [-0.3, -0.25) is 14.4 Å². The van der Waals surface area contributed by atoms with Gasteiger partial charge < -0.3 is 15.8 Å². The number of nitrogens with two attached hydrogens (primary N) is 1. The van der Waals surface area contributed by atoms with Gasteiger partial charge in [0.1, 0.15) is 6.04 Å². The Bertz CT molecular complexity index is 622. The molecule has 0 bridgehead atoms. The van der Waals surface area contributed by atoms with Crippen molar-refractivity contribution in [2.45, 2.75) is 32.2 Å². The molecule has 0 fully saturated rings. The number of hydrogen-bond acceptors (Lipinski definition) is 5. The number of primary amides is 1. The van der Waals surface area contributed by atoms with E-state index in [-0.39, 0.29) is 25.9 Å². The van der Waals surface area contributed by atoms with E-state index in [1.807, 2.05) is 6.07 Å². The van der Waals surface area contributed by atoms with Gasteiger partial charge in [0, 0.05) is 12.8 Å². The summed E-state index contributed by atoms with van der Waals surface area (Å²) in [5, 5.41) is 11.4. The molecule has 7 nitrogen and oxygen atoms in total. The first-order valence-corrected chi connectivity index (χ1v) is 7.19. The quantitative estimate of drug-likeness (QED) is 0.672. The Morgan fingerprint density at radius 3 is 2.70 bits per heavy atom. The van der Waals surface area contributed by atoms with Gasteiger partial charge in [-0.05, 0) is 24.6 Å². The number of nitrogens with zero attached hydrogens (tertiary/aromatic N) is 1. The van der Waals surface area contributed by atoms with E-state index in [4.69, 9.17) is 15.7 Å². The van der Waals surface area contributed by atoms with Crippen LogP contribution in [0.3, 0.4) is 0 Å². The van der Waals surface area contributed by atoms with Crippen LogP contribution in [0.1, 0.15) is 30.9 Å². The molecule has 1 atom stereocenters. The maximum atomic E-state index is 11.8. The van der Waals surface area contributed by atoms with Gasteiger partial charge in [-0.25, -0.2) is 0 Å². The average molecular weight is 317 g/mol. The standard InChI is InChI=1S/C16H19N3O4/c1-2-23-15(21)7-6-14(20)19-13(16(18)22)9-11-4-3-5-12(8-11)10-17/h3-5,8,13H,2,6-7,9H2,1H3,(H2,18,22)(H,19,20)/t13-/m1/s1. The molecule has 0 spiro atoms. The van der Waals surface area contributed by atoms with Gasteiger partial charge >= 0.3 is 5.97 Å². The highest BCUT2D eigenvalue weighted by atomic mass is 16.5. The largest absolute Gasteiger partial charge is 0.466 e. The van der Waals surface area contributed by atoms with Crippen LogP contribution in [0, 0.1) is 11.3 Å². The summed E-state index contributed by atoms with van der Waals surface area (Å²) in [6.45, 7) is 1.93. The van der Waals surface area contributed by atoms with Crippen molar-refractivity contribution in [2.75, 3.05) is 6.61 Å². The highest BCUT2D eigenvalue weighted by Crippen LogP contribution is 2.07. The fraction of sp³-hybridized carbons (Fsp3) is 0.375. The predicted octanol–water partition coefficient (Wildman–Crippen LogP) is 0.414. The number of carbonyl (C=O) groups is 3. The molecule has 3 N–H and O–H groups in total. The van der Waals surface area contributed by atoms with Crippen molar-refractivity contribution >= 4 is 17.8 Å². The highest BCUT2D eigenvalue weighted by molar-refractivity contribution is 5.88. The molecule has 0 saturated heterocycles. The molecular formula is C16H19N3O4. The van der Waals surface area contributed by atoms with Gasteiger partial charge in [0.25, 0.3) is 0 Å². The smallest absolute Gasteiger partial charge is 0.306 e. The minimum atomic E-state index is -0.904. The minimum absolute atomic E-state index is 0.0604. The molecule has 7 heteroatoms. The molecule has 0 radical (unpaired) electrons. The zero-order valence-corrected chi connectivity index (χ0v) is 12.9. The van der Waals surface area contributed by atoms with E-state index >= 15 is 0 Å². The fourth-order valence-corrected chi connectivity index (χ4v) is 1.94. The van der Waals surface area contributed by atoms with Crippen molar-refractivity contribution in [3.8, 4) is 6.07 Å². The van der Waals surface area contributed by atoms with Gasteiger partial charge in [0.2, 0.25) is 11.8 Å². The van der Waals surface area contributed by atoms with E-state index < -0.39 is 23.8 Å². The minimum Gasteiger partial charge on any atom is -0.466 e. The van der Waals surface area contributed by atoms with E-state index in [1.165, 1.54) is 0 Å². The molecule has 0 aromatic heterocycles. The molecule has 0 heterocycles. The summed E-state index contributed by atoms with van der Waals surface area (Å²) >= 11 is 0. The second-order valence-electron chi connectivity index (χ2n) is 4.84. The van der Waals surface area contributed by atoms with Crippen molar-refractivity contribution in [3.05, 3.63) is 35.4 Å². The molecule has 1 rings (SSSR count).